The van der Waals surface area contributed by atoms with Crippen LogP contribution in [0.15, 0.2) is 0 Å². The molecular formula is HBO2Zn. The van der Waals surface area contributed by atoms with Crippen molar-refractivity contribution >= 4 is 7.69 Å². The Labute approximate surface area is 37.9 Å². The van der Waals surface area contributed by atoms with Gasteiger partial charge in [0.15, 0.2) is 0 Å². The molecule has 0 atom stereocenters. The SMILES string of the molecule is [O-]B[O-].[Zn+2]. The molecule has 2 nitrogen and oxygen atoms in total. The molecule has 0 aromatic carbocycles. The molecule has 0 saturated carbocycles. The summed E-state index contributed by atoms with van der Waals surface area (Å²) in [6, 6.07) is 0. The predicted molar refractivity (Wildman–Crippen MR) is 7.15 cm³/mol. The van der Waals surface area contributed by atoms with Gasteiger partial charge in [0.2, 0.25) is 0 Å². The maximum absolute atomic E-state index is 8.38. The summed E-state index contributed by atoms with van der Waals surface area (Å²) in [7, 11) is -1.25. The van der Waals surface area contributed by atoms with Gasteiger partial charge in [-0.05, 0) is 0 Å². The van der Waals surface area contributed by atoms with Crippen LogP contribution in [-0.4, -0.2) is 7.69 Å². The van der Waals surface area contributed by atoms with E-state index in [0.29, 0.717) is 0 Å². The quantitative estimate of drug-likeness (QED) is 0.311. The Morgan fingerprint density at radius 1 is 1.25 bits per heavy atom. The van der Waals surface area contributed by atoms with Crippen LogP contribution < -0.4 is 10.0 Å². The standard InChI is InChI=1S/BHO2.Zn/c2-1-3;/h1H;/q-2;+2. The summed E-state index contributed by atoms with van der Waals surface area (Å²) in [5.41, 5.74) is 0. The third kappa shape index (κ3) is 18.2. The zero-order chi connectivity index (χ0) is 2.71. The van der Waals surface area contributed by atoms with Gasteiger partial charge < -0.3 is 10.0 Å². The molecule has 0 radical (unpaired) electrons. The maximum Gasteiger partial charge on any atom is 2.00 e. The zero-order valence-corrected chi connectivity index (χ0v) is 5.20. The largest absolute Gasteiger partial charge is 2.00 e. The van der Waals surface area contributed by atoms with Gasteiger partial charge in [0.25, 0.3) is 0 Å². The molecule has 0 fully saturated rings. The molecule has 0 heterocycles. The smallest absolute Gasteiger partial charge is 0.896 e. The number of rotatable bonds is 0. The van der Waals surface area contributed by atoms with Gasteiger partial charge in [-0.15, -0.1) is 7.69 Å². The van der Waals surface area contributed by atoms with E-state index in [9.17, 15) is 0 Å². The van der Waals surface area contributed by atoms with E-state index in [-0.39, 0.29) is 19.5 Å². The van der Waals surface area contributed by atoms with Crippen LogP contribution in [0.1, 0.15) is 0 Å². The van der Waals surface area contributed by atoms with Gasteiger partial charge in [-0.25, -0.2) is 0 Å². The van der Waals surface area contributed by atoms with Crippen molar-refractivity contribution in [1.82, 2.24) is 0 Å². The third-order valence-electron chi connectivity index (χ3n) is 0. The van der Waals surface area contributed by atoms with Gasteiger partial charge in [0, 0.05) is 0 Å². The summed E-state index contributed by atoms with van der Waals surface area (Å²) in [4.78, 5) is 0. The van der Waals surface area contributed by atoms with Gasteiger partial charge in [-0.1, -0.05) is 0 Å². The Balaban J connectivity index is 0. The summed E-state index contributed by atoms with van der Waals surface area (Å²) < 4.78 is 0. The zero-order valence-electron chi connectivity index (χ0n) is 2.23. The van der Waals surface area contributed by atoms with Gasteiger partial charge in [-0.3, -0.25) is 0 Å². The van der Waals surface area contributed by atoms with Crippen molar-refractivity contribution in [1.29, 1.82) is 0 Å². The minimum absolute atomic E-state index is 0. The molecule has 0 aliphatic rings. The van der Waals surface area contributed by atoms with Crippen molar-refractivity contribution in [2.24, 2.45) is 0 Å². The van der Waals surface area contributed by atoms with Crippen LogP contribution in [0.2, 0.25) is 0 Å². The molecule has 4 heteroatoms. The van der Waals surface area contributed by atoms with Crippen LogP contribution in [-0.2, 0) is 19.5 Å². The van der Waals surface area contributed by atoms with Crippen molar-refractivity contribution in [3.05, 3.63) is 0 Å². The first-order valence-electron chi connectivity index (χ1n) is 0.577. The molecule has 0 aliphatic heterocycles. The fourth-order valence-corrected chi connectivity index (χ4v) is 0. The molecular weight excluding hydrogens is 108 g/mol. The van der Waals surface area contributed by atoms with Crippen molar-refractivity contribution in [3.63, 3.8) is 0 Å². The van der Waals surface area contributed by atoms with E-state index in [1.807, 2.05) is 0 Å². The molecule has 0 bridgehead atoms. The molecule has 0 aromatic rings. The first kappa shape index (κ1) is 8.82. The van der Waals surface area contributed by atoms with Crippen molar-refractivity contribution in [2.45, 2.75) is 0 Å². The van der Waals surface area contributed by atoms with Gasteiger partial charge in [-0.2, -0.15) is 0 Å². The molecule has 0 saturated heterocycles. The third-order valence-corrected chi connectivity index (χ3v) is 0. The normalized spacial score (nSPS) is 3.50. The Kier molecular flexibility index (Phi) is 20.9. The molecule has 0 amide bonds. The monoisotopic (exact) mass is 108 g/mol. The molecule has 0 aliphatic carbocycles. The minimum atomic E-state index is -1.25. The number of hydrogen-bond acceptors (Lipinski definition) is 2. The predicted octanol–water partition coefficient (Wildman–Crippen LogP) is -3.03. The molecule has 0 N–H and O–H groups in total. The molecule has 18 valence electrons. The van der Waals surface area contributed by atoms with E-state index in [0.717, 1.165) is 0 Å². The Morgan fingerprint density at radius 3 is 1.25 bits per heavy atom. The average Bonchev–Trinajstić information content (AvgIpc) is 0.918. The first-order chi connectivity index (χ1) is 1.41. The van der Waals surface area contributed by atoms with E-state index >= 15 is 0 Å². The molecule has 0 rings (SSSR count). The van der Waals surface area contributed by atoms with E-state index in [4.69, 9.17) is 10.0 Å². The summed E-state index contributed by atoms with van der Waals surface area (Å²) in [6.45, 7) is 0. The van der Waals surface area contributed by atoms with Crippen molar-refractivity contribution in [3.8, 4) is 0 Å². The van der Waals surface area contributed by atoms with Crippen LogP contribution in [0.3, 0.4) is 0 Å². The summed E-state index contributed by atoms with van der Waals surface area (Å²) in [6.07, 6.45) is 0. The van der Waals surface area contributed by atoms with Crippen LogP contribution in [0.4, 0.5) is 0 Å². The van der Waals surface area contributed by atoms with Gasteiger partial charge >= 0.3 is 19.5 Å². The minimum Gasteiger partial charge on any atom is -0.896 e. The van der Waals surface area contributed by atoms with E-state index < -0.39 is 7.69 Å². The van der Waals surface area contributed by atoms with Crippen molar-refractivity contribution < 1.29 is 29.5 Å². The van der Waals surface area contributed by atoms with Crippen molar-refractivity contribution in [2.75, 3.05) is 0 Å². The molecule has 4 heavy (non-hydrogen) atoms. The molecule has 0 aromatic heterocycles. The van der Waals surface area contributed by atoms with Crippen LogP contribution in [0, 0.1) is 0 Å². The van der Waals surface area contributed by atoms with E-state index in [2.05, 4.69) is 0 Å². The number of hydrogen-bond donors (Lipinski definition) is 0. The first-order valence-corrected chi connectivity index (χ1v) is 0.577. The Morgan fingerprint density at radius 2 is 1.25 bits per heavy atom. The Bertz CT molecular complexity index is 6.00. The van der Waals surface area contributed by atoms with Crippen LogP contribution in [0.5, 0.6) is 0 Å². The topological polar surface area (TPSA) is 46.1 Å². The second kappa shape index (κ2) is 9.49. The summed E-state index contributed by atoms with van der Waals surface area (Å²) in [5, 5.41) is 16.8. The summed E-state index contributed by atoms with van der Waals surface area (Å²) in [5.74, 6) is 0. The maximum atomic E-state index is 8.38. The van der Waals surface area contributed by atoms with E-state index in [1.54, 1.807) is 0 Å². The fraction of sp³-hybridized carbons (Fsp3) is 0. The molecule has 0 unspecified atom stereocenters. The van der Waals surface area contributed by atoms with Crippen LogP contribution in [0.25, 0.3) is 0 Å². The fourth-order valence-electron chi connectivity index (χ4n) is 0. The van der Waals surface area contributed by atoms with E-state index in [1.165, 1.54) is 0 Å². The Hall–Kier alpha value is 0.608. The van der Waals surface area contributed by atoms with Gasteiger partial charge in [0.1, 0.15) is 0 Å². The molecule has 0 spiro atoms. The second-order valence-corrected chi connectivity index (χ2v) is 0.118. The average molecular weight is 109 g/mol. The van der Waals surface area contributed by atoms with Gasteiger partial charge in [0.05, 0.1) is 0 Å². The van der Waals surface area contributed by atoms with Crippen LogP contribution >= 0.6 is 0 Å². The second-order valence-electron chi connectivity index (χ2n) is 0.118. The summed E-state index contributed by atoms with van der Waals surface area (Å²) >= 11 is 0.